The second-order valence-electron chi connectivity index (χ2n) is 17.2. The molecule has 9 rings (SSSR count). The van der Waals surface area contributed by atoms with Crippen LogP contribution >= 0.6 is 0 Å². The van der Waals surface area contributed by atoms with Gasteiger partial charge in [0.25, 0.3) is 0 Å². The van der Waals surface area contributed by atoms with Gasteiger partial charge in [0.05, 0.1) is 17.9 Å². The average Bonchev–Trinajstić information content (AvgIpc) is 3.86. The molecule has 0 aliphatic carbocycles. The van der Waals surface area contributed by atoms with Gasteiger partial charge in [-0.25, -0.2) is 0 Å². The van der Waals surface area contributed by atoms with Crippen molar-refractivity contribution in [2.75, 3.05) is 75.3 Å². The fourth-order valence-corrected chi connectivity index (χ4v) is 9.71. The van der Waals surface area contributed by atoms with Gasteiger partial charge in [0, 0.05) is 98.6 Å². The zero-order valence-electron chi connectivity index (χ0n) is 35.7. The summed E-state index contributed by atoms with van der Waals surface area (Å²) in [6.07, 6.45) is 7.92. The van der Waals surface area contributed by atoms with E-state index in [2.05, 4.69) is 117 Å². The van der Waals surface area contributed by atoms with Gasteiger partial charge in [0.2, 0.25) is 0 Å². The summed E-state index contributed by atoms with van der Waals surface area (Å²) in [5, 5.41) is 0. The summed E-state index contributed by atoms with van der Waals surface area (Å²) in [6.45, 7) is 10.0. The highest BCUT2D eigenvalue weighted by atomic mass is 16.5. The molecule has 0 radical (unpaired) electrons. The quantitative estimate of drug-likeness (QED) is 0.0750. The number of ketones is 1. The molecule has 0 saturated carbocycles. The Bertz CT molecular complexity index is 2420. The lowest BCUT2D eigenvalue weighted by molar-refractivity contribution is -0.0663. The van der Waals surface area contributed by atoms with Gasteiger partial charge in [-0.15, -0.1) is 0 Å². The highest BCUT2D eigenvalue weighted by molar-refractivity contribution is 6.13. The number of piperazine rings is 1. The summed E-state index contributed by atoms with van der Waals surface area (Å²) in [5.74, 6) is -0.134. The molecule has 0 unspecified atom stereocenters. The second-order valence-corrected chi connectivity index (χ2v) is 17.2. The lowest BCUT2D eigenvalue weighted by Crippen LogP contribution is -2.48. The van der Waals surface area contributed by atoms with Crippen LogP contribution in [0.1, 0.15) is 63.1 Å². The highest BCUT2D eigenvalue weighted by Crippen LogP contribution is 2.36. The van der Waals surface area contributed by atoms with Gasteiger partial charge in [0.15, 0.2) is 12.1 Å². The molecule has 4 heterocycles. The number of likely N-dealkylation sites (tertiary alicyclic amines) is 1. The molecule has 0 amide bonds. The number of benzene rings is 5. The number of aldehydes is 1. The minimum Gasteiger partial charge on any atom is -0.373 e. The van der Waals surface area contributed by atoms with Crippen molar-refractivity contribution < 1.29 is 14.3 Å². The van der Waals surface area contributed by atoms with Crippen molar-refractivity contribution in [3.8, 4) is 22.4 Å². The first-order valence-corrected chi connectivity index (χ1v) is 22.5. The molecular weight excluding hydrogens is 767 g/mol. The first-order chi connectivity index (χ1) is 30.5. The van der Waals surface area contributed by atoms with Crippen LogP contribution in [0.2, 0.25) is 0 Å². The van der Waals surface area contributed by atoms with Crippen molar-refractivity contribution in [1.82, 2.24) is 14.8 Å². The Morgan fingerprint density at radius 1 is 0.629 bits per heavy atom. The van der Waals surface area contributed by atoms with Crippen molar-refractivity contribution in [3.05, 3.63) is 174 Å². The average molecular weight is 824 g/mol. The van der Waals surface area contributed by atoms with Crippen molar-refractivity contribution >= 4 is 23.4 Å². The molecule has 0 atom stereocenters. The molecule has 3 fully saturated rings. The summed E-state index contributed by atoms with van der Waals surface area (Å²) in [7, 11) is 0. The molecule has 0 bridgehead atoms. The number of pyridine rings is 1. The van der Waals surface area contributed by atoms with Crippen molar-refractivity contribution in [2.45, 2.75) is 44.2 Å². The molecule has 3 aliphatic heterocycles. The largest absolute Gasteiger partial charge is 0.373 e. The Balaban J connectivity index is 0.849. The third-order valence-electron chi connectivity index (χ3n) is 13.3. The van der Waals surface area contributed by atoms with Gasteiger partial charge in [0.1, 0.15) is 0 Å². The van der Waals surface area contributed by atoms with Crippen LogP contribution in [0, 0.1) is 0 Å². The minimum atomic E-state index is -0.259. The maximum Gasteiger partial charge on any atom is 0.193 e. The molecule has 6 aromatic rings. The number of rotatable bonds is 15. The number of anilines is 2. The molecule has 62 heavy (non-hydrogen) atoms. The van der Waals surface area contributed by atoms with Gasteiger partial charge in [-0.1, -0.05) is 91.0 Å². The smallest absolute Gasteiger partial charge is 0.193 e. The molecule has 3 saturated heterocycles. The molecule has 0 N–H and O–H groups in total. The van der Waals surface area contributed by atoms with Crippen LogP contribution in [0.3, 0.4) is 0 Å². The van der Waals surface area contributed by atoms with Gasteiger partial charge < -0.3 is 19.4 Å². The van der Waals surface area contributed by atoms with E-state index in [1.165, 1.54) is 48.2 Å². The summed E-state index contributed by atoms with van der Waals surface area (Å²) in [6, 6.07) is 47.7. The van der Waals surface area contributed by atoms with Crippen molar-refractivity contribution in [3.63, 3.8) is 0 Å². The fourth-order valence-electron chi connectivity index (χ4n) is 9.71. The molecule has 3 aliphatic rings. The van der Waals surface area contributed by atoms with Gasteiger partial charge in [-0.2, -0.15) is 0 Å². The van der Waals surface area contributed by atoms with Gasteiger partial charge >= 0.3 is 0 Å². The highest BCUT2D eigenvalue weighted by Gasteiger charge is 2.37. The topological polar surface area (TPSA) is 69.2 Å². The predicted octanol–water partition coefficient (Wildman–Crippen LogP) is 9.48. The van der Waals surface area contributed by atoms with E-state index >= 15 is 0 Å². The second kappa shape index (κ2) is 19.4. The normalized spacial score (nSPS) is 17.0. The number of piperidine rings is 1. The summed E-state index contributed by atoms with van der Waals surface area (Å²) < 4.78 is 6.99. The third kappa shape index (κ3) is 9.58. The van der Waals surface area contributed by atoms with E-state index < -0.39 is 0 Å². The Labute approximate surface area is 366 Å². The summed E-state index contributed by atoms with van der Waals surface area (Å²) in [5.41, 5.74) is 10.5. The minimum absolute atomic E-state index is 0.134. The molecule has 5 aromatic carbocycles. The van der Waals surface area contributed by atoms with E-state index in [1.807, 2.05) is 42.6 Å². The number of aromatic nitrogens is 1. The maximum atomic E-state index is 14.1. The third-order valence-corrected chi connectivity index (χ3v) is 13.3. The standard InChI is InChI=1S/C54H57N5O3/c60-41-47-21-24-49(59-34-32-57(33-35-59)40-46-17-11-27-55-52(46)43-14-5-2-6-15-43)38-51(47)53(61)44-19-22-48(23-20-44)58-30-25-54(26-31-58,62-37-36-56-28-9-10-29-56)39-45-16-7-8-18-50(45)42-12-3-1-4-13-42/h1-8,11-24,27,38,41H,9-10,25-26,28-37,39-40H2. The zero-order valence-corrected chi connectivity index (χ0v) is 35.7. The molecule has 316 valence electrons. The SMILES string of the molecule is O=Cc1ccc(N2CCN(Cc3cccnc3-c3ccccc3)CC2)cc1C(=O)c1ccc(N2CCC(Cc3ccccc3-c3ccccc3)(OCCN3CCCC3)CC2)cc1. The molecule has 0 spiro atoms. The van der Waals surface area contributed by atoms with E-state index in [1.54, 1.807) is 6.07 Å². The van der Waals surface area contributed by atoms with Crippen LogP contribution < -0.4 is 9.80 Å². The summed E-state index contributed by atoms with van der Waals surface area (Å²) >= 11 is 0. The number of carbonyl (C=O) groups is 2. The van der Waals surface area contributed by atoms with Crippen molar-refractivity contribution in [1.29, 1.82) is 0 Å². The van der Waals surface area contributed by atoms with Gasteiger partial charge in [-0.3, -0.25) is 19.5 Å². The predicted molar refractivity (Wildman–Crippen MR) is 250 cm³/mol. The Hall–Kier alpha value is -5.93. The Morgan fingerprint density at radius 3 is 2.00 bits per heavy atom. The van der Waals surface area contributed by atoms with E-state index in [9.17, 15) is 9.59 Å². The number of ether oxygens (including phenoxy) is 1. The van der Waals surface area contributed by atoms with Gasteiger partial charge in [-0.05, 0) is 110 Å². The monoisotopic (exact) mass is 823 g/mol. The van der Waals surface area contributed by atoms with E-state index in [0.29, 0.717) is 16.7 Å². The lowest BCUT2D eigenvalue weighted by atomic mass is 9.82. The van der Waals surface area contributed by atoms with Crippen LogP contribution in [0.25, 0.3) is 22.4 Å². The molecule has 8 heteroatoms. The van der Waals surface area contributed by atoms with Crippen molar-refractivity contribution in [2.24, 2.45) is 0 Å². The molecular formula is C54H57N5O3. The molecule has 1 aromatic heterocycles. The fraction of sp³-hybridized carbons (Fsp3) is 0.315. The van der Waals surface area contributed by atoms with Crippen LogP contribution in [-0.4, -0.2) is 98.0 Å². The van der Waals surface area contributed by atoms with E-state index in [4.69, 9.17) is 9.72 Å². The van der Waals surface area contributed by atoms with Crippen LogP contribution in [0.15, 0.2) is 146 Å². The zero-order chi connectivity index (χ0) is 42.1. The number of hydrogen-bond donors (Lipinski definition) is 0. The first kappa shape index (κ1) is 41.4. The molecule has 8 nitrogen and oxygen atoms in total. The number of hydrogen-bond acceptors (Lipinski definition) is 8. The number of carbonyl (C=O) groups excluding carboxylic acids is 2. The van der Waals surface area contributed by atoms with Crippen LogP contribution in [0.4, 0.5) is 11.4 Å². The first-order valence-electron chi connectivity index (χ1n) is 22.5. The Morgan fingerprint density at radius 2 is 1.27 bits per heavy atom. The van der Waals surface area contributed by atoms with Crippen LogP contribution in [0.5, 0.6) is 0 Å². The van der Waals surface area contributed by atoms with E-state index in [-0.39, 0.29) is 11.4 Å². The summed E-state index contributed by atoms with van der Waals surface area (Å²) in [4.78, 5) is 40.8. The van der Waals surface area contributed by atoms with Crippen LogP contribution in [-0.2, 0) is 17.7 Å². The number of nitrogens with zero attached hydrogens (tertiary/aromatic N) is 5. The van der Waals surface area contributed by atoms with E-state index in [0.717, 1.165) is 107 Å². The maximum absolute atomic E-state index is 14.1. The Kier molecular flexibility index (Phi) is 13.0. The lowest BCUT2D eigenvalue weighted by Gasteiger charge is -2.43.